The first kappa shape index (κ1) is 24.6. The molecule has 11 heteroatoms. The molecule has 186 valence electrons. The monoisotopic (exact) mass is 500 g/mol. The molecule has 1 fully saturated rings. The van der Waals surface area contributed by atoms with E-state index in [1.54, 1.807) is 17.0 Å². The highest BCUT2D eigenvalue weighted by atomic mass is 32.2. The largest absolute Gasteiger partial charge is 0.494 e. The van der Waals surface area contributed by atoms with Crippen molar-refractivity contribution in [1.29, 1.82) is 0 Å². The summed E-state index contributed by atoms with van der Waals surface area (Å²) in [5.74, 6) is 1.33. The van der Waals surface area contributed by atoms with Crippen LogP contribution in [0.1, 0.15) is 17.4 Å². The Bertz CT molecular complexity index is 1280. The predicted molar refractivity (Wildman–Crippen MR) is 129 cm³/mol. The van der Waals surface area contributed by atoms with E-state index in [4.69, 9.17) is 14.2 Å². The second-order valence-corrected chi connectivity index (χ2v) is 9.78. The fourth-order valence-corrected chi connectivity index (χ4v) is 5.33. The Hall–Kier alpha value is -3.57. The molecule has 0 atom stereocenters. The van der Waals surface area contributed by atoms with E-state index in [1.165, 1.54) is 30.7 Å². The minimum Gasteiger partial charge on any atom is -0.494 e. The molecular weight excluding hydrogens is 472 g/mol. The number of H-pyrrole nitrogens is 1. The van der Waals surface area contributed by atoms with E-state index < -0.39 is 10.0 Å². The van der Waals surface area contributed by atoms with Gasteiger partial charge < -0.3 is 19.1 Å². The topological polar surface area (TPSA) is 114 Å². The third kappa shape index (κ3) is 5.10. The van der Waals surface area contributed by atoms with Crippen LogP contribution in [0.5, 0.6) is 17.2 Å². The molecular formula is C24H28N4O6S. The number of aromatic nitrogens is 2. The summed E-state index contributed by atoms with van der Waals surface area (Å²) in [4.78, 5) is 14.7. The normalized spacial score (nSPS) is 14.5. The quantitative estimate of drug-likeness (QED) is 0.506. The molecule has 1 saturated heterocycles. The average Bonchev–Trinajstić information content (AvgIpc) is 3.39. The first-order valence-corrected chi connectivity index (χ1v) is 12.6. The molecule has 2 heterocycles. The van der Waals surface area contributed by atoms with E-state index in [0.29, 0.717) is 29.5 Å². The number of carbonyl (C=O) groups is 1. The number of piperazine rings is 1. The molecule has 0 radical (unpaired) electrons. The summed E-state index contributed by atoms with van der Waals surface area (Å²) < 4.78 is 43.5. The molecule has 1 N–H and O–H groups in total. The van der Waals surface area contributed by atoms with Crippen molar-refractivity contribution in [2.75, 3.05) is 47.0 Å². The summed E-state index contributed by atoms with van der Waals surface area (Å²) in [6, 6.07) is 13.7. The molecule has 1 aliphatic rings. The van der Waals surface area contributed by atoms with Crippen LogP contribution in [0.2, 0.25) is 0 Å². The lowest BCUT2D eigenvalue weighted by atomic mass is 10.1. The summed E-state index contributed by atoms with van der Waals surface area (Å²) in [7, 11) is -0.801. The van der Waals surface area contributed by atoms with Gasteiger partial charge in [-0.1, -0.05) is 0 Å². The van der Waals surface area contributed by atoms with Crippen LogP contribution in [-0.4, -0.2) is 80.7 Å². The van der Waals surface area contributed by atoms with Crippen LogP contribution in [0.25, 0.3) is 11.3 Å². The molecule has 0 spiro atoms. The number of nitrogens with zero attached hydrogens (tertiary/aromatic N) is 3. The maximum absolute atomic E-state index is 13.1. The Labute approximate surface area is 204 Å². The van der Waals surface area contributed by atoms with Crippen LogP contribution in [0.4, 0.5) is 0 Å². The number of amides is 1. The number of ether oxygens (including phenoxy) is 3. The highest BCUT2D eigenvalue weighted by Gasteiger charge is 2.31. The minimum absolute atomic E-state index is 0.114. The lowest BCUT2D eigenvalue weighted by Crippen LogP contribution is -2.50. The molecule has 0 unspecified atom stereocenters. The summed E-state index contributed by atoms with van der Waals surface area (Å²) >= 11 is 0. The molecule has 4 rings (SSSR count). The van der Waals surface area contributed by atoms with Gasteiger partial charge >= 0.3 is 0 Å². The third-order valence-electron chi connectivity index (χ3n) is 5.79. The van der Waals surface area contributed by atoms with Gasteiger partial charge in [0.15, 0.2) is 11.5 Å². The molecule has 2 aromatic carbocycles. The number of carbonyl (C=O) groups excluding carboxylic acids is 1. The van der Waals surface area contributed by atoms with E-state index in [0.717, 1.165) is 11.3 Å². The smallest absolute Gasteiger partial charge is 0.271 e. The number of hydrogen-bond donors (Lipinski definition) is 1. The van der Waals surface area contributed by atoms with Crippen molar-refractivity contribution in [3.8, 4) is 28.5 Å². The lowest BCUT2D eigenvalue weighted by molar-refractivity contribution is 0.0692. The number of benzene rings is 2. The number of nitrogens with one attached hydrogen (secondary N) is 1. The van der Waals surface area contributed by atoms with E-state index in [2.05, 4.69) is 10.2 Å². The van der Waals surface area contributed by atoms with Crippen molar-refractivity contribution in [2.45, 2.75) is 11.8 Å². The van der Waals surface area contributed by atoms with E-state index >= 15 is 0 Å². The Morgan fingerprint density at radius 3 is 2.29 bits per heavy atom. The van der Waals surface area contributed by atoms with Crippen molar-refractivity contribution >= 4 is 15.9 Å². The lowest BCUT2D eigenvalue weighted by Gasteiger charge is -2.33. The second kappa shape index (κ2) is 10.4. The van der Waals surface area contributed by atoms with Crippen LogP contribution in [-0.2, 0) is 10.0 Å². The van der Waals surface area contributed by atoms with Crippen molar-refractivity contribution in [3.05, 3.63) is 54.2 Å². The number of methoxy groups -OCH3 is 2. The molecule has 1 aromatic heterocycles. The SMILES string of the molecule is CCOc1ccc(-c2cc(C(=O)N3CCN(S(=O)(=O)c4ccc(OC)c(OC)c4)CC3)[nH]n2)cc1. The summed E-state index contributed by atoms with van der Waals surface area (Å²) in [6.07, 6.45) is 0. The van der Waals surface area contributed by atoms with Gasteiger partial charge in [0.1, 0.15) is 11.4 Å². The van der Waals surface area contributed by atoms with Gasteiger partial charge in [0.25, 0.3) is 5.91 Å². The highest BCUT2D eigenvalue weighted by Crippen LogP contribution is 2.31. The number of hydrogen-bond acceptors (Lipinski definition) is 7. The van der Waals surface area contributed by atoms with Crippen molar-refractivity contribution in [1.82, 2.24) is 19.4 Å². The zero-order valence-corrected chi connectivity index (χ0v) is 20.7. The van der Waals surface area contributed by atoms with Gasteiger partial charge in [-0.2, -0.15) is 9.40 Å². The molecule has 0 saturated carbocycles. The zero-order chi connectivity index (χ0) is 25.0. The Morgan fingerprint density at radius 2 is 1.66 bits per heavy atom. The summed E-state index contributed by atoms with van der Waals surface area (Å²) in [5.41, 5.74) is 1.85. The summed E-state index contributed by atoms with van der Waals surface area (Å²) in [5, 5.41) is 7.06. The molecule has 1 aliphatic heterocycles. The molecule has 0 aliphatic carbocycles. The standard InChI is InChI=1S/C24H28N4O6S/c1-4-34-18-7-5-17(6-8-18)20-16-21(26-25-20)24(29)27-11-13-28(14-12-27)35(30,31)19-9-10-22(32-2)23(15-19)33-3/h5-10,15-16H,4,11-14H2,1-3H3,(H,25,26). The Balaban J connectivity index is 1.41. The third-order valence-corrected chi connectivity index (χ3v) is 7.68. The number of rotatable bonds is 8. The minimum atomic E-state index is -3.74. The average molecular weight is 501 g/mol. The Morgan fingerprint density at radius 1 is 0.971 bits per heavy atom. The number of sulfonamides is 1. The van der Waals surface area contributed by atoms with Gasteiger partial charge in [0.2, 0.25) is 10.0 Å². The van der Waals surface area contributed by atoms with Gasteiger partial charge in [-0.05, 0) is 49.4 Å². The van der Waals surface area contributed by atoms with Crippen molar-refractivity contribution in [2.24, 2.45) is 0 Å². The Kier molecular flexibility index (Phi) is 7.27. The second-order valence-electron chi connectivity index (χ2n) is 7.84. The fourth-order valence-electron chi connectivity index (χ4n) is 3.90. The van der Waals surface area contributed by atoms with E-state index in [1.807, 2.05) is 31.2 Å². The van der Waals surface area contributed by atoms with Crippen LogP contribution >= 0.6 is 0 Å². The molecule has 3 aromatic rings. The van der Waals surface area contributed by atoms with Crippen LogP contribution < -0.4 is 14.2 Å². The van der Waals surface area contributed by atoms with Gasteiger partial charge in [0, 0.05) is 37.8 Å². The van der Waals surface area contributed by atoms with Crippen molar-refractivity contribution < 1.29 is 27.4 Å². The number of aromatic amines is 1. The maximum atomic E-state index is 13.1. The predicted octanol–water partition coefficient (Wildman–Crippen LogP) is 2.64. The van der Waals surface area contributed by atoms with Gasteiger partial charge in [-0.3, -0.25) is 9.89 Å². The molecule has 1 amide bonds. The first-order valence-electron chi connectivity index (χ1n) is 11.2. The fraction of sp³-hybridized carbons (Fsp3) is 0.333. The van der Waals surface area contributed by atoms with Crippen LogP contribution in [0.15, 0.2) is 53.4 Å². The van der Waals surface area contributed by atoms with Gasteiger partial charge in [-0.25, -0.2) is 8.42 Å². The van der Waals surface area contributed by atoms with Crippen LogP contribution in [0.3, 0.4) is 0 Å². The summed E-state index contributed by atoms with van der Waals surface area (Å²) in [6.45, 7) is 3.41. The molecule has 10 nitrogen and oxygen atoms in total. The van der Waals surface area contributed by atoms with E-state index in [9.17, 15) is 13.2 Å². The van der Waals surface area contributed by atoms with Crippen molar-refractivity contribution in [3.63, 3.8) is 0 Å². The van der Waals surface area contributed by atoms with E-state index in [-0.39, 0.29) is 37.0 Å². The molecule has 35 heavy (non-hydrogen) atoms. The van der Waals surface area contributed by atoms with Gasteiger partial charge in [-0.15, -0.1) is 0 Å². The molecule has 0 bridgehead atoms. The van der Waals surface area contributed by atoms with Gasteiger partial charge in [0.05, 0.1) is 31.4 Å². The maximum Gasteiger partial charge on any atom is 0.271 e. The zero-order valence-electron chi connectivity index (χ0n) is 19.9. The first-order chi connectivity index (χ1) is 16.9. The highest BCUT2D eigenvalue weighted by molar-refractivity contribution is 7.89. The van der Waals surface area contributed by atoms with Crippen LogP contribution in [0, 0.1) is 0 Å².